The summed E-state index contributed by atoms with van der Waals surface area (Å²) in [5.74, 6) is 0. The van der Waals surface area contributed by atoms with Crippen molar-refractivity contribution in [2.45, 2.75) is 52.6 Å². The van der Waals surface area contributed by atoms with Gasteiger partial charge in [0.05, 0.1) is 0 Å². The van der Waals surface area contributed by atoms with Crippen LogP contribution in [0.4, 0.5) is 0 Å². The van der Waals surface area contributed by atoms with Gasteiger partial charge in [0.15, 0.2) is 0 Å². The molecule has 0 aromatic carbocycles. The zero-order valence-electron chi connectivity index (χ0n) is 8.50. The standard InChI is InChI=1S/C9H20N2/c1-8(2,3)10-7-11-9(4,5)6/h10-11H,1-6H3. The molecule has 66 valence electrons. The largest absolute Gasteiger partial charge is 0.289 e. The molecule has 2 nitrogen and oxygen atoms in total. The highest BCUT2D eigenvalue weighted by Gasteiger charge is 2.12. The Morgan fingerprint density at radius 1 is 0.727 bits per heavy atom. The van der Waals surface area contributed by atoms with Crippen LogP contribution in [0.5, 0.6) is 0 Å². The molecule has 0 aliphatic heterocycles. The fourth-order valence-corrected chi connectivity index (χ4v) is 0.406. The normalized spacial score (nSPS) is 13.6. The Kier molecular flexibility index (Phi) is 3.52. The highest BCUT2D eigenvalue weighted by Crippen LogP contribution is 2.01. The third-order valence-corrected chi connectivity index (χ3v) is 0.875. The molecular formula is C9H20N2. The first-order valence-electron chi connectivity index (χ1n) is 4.00. The van der Waals surface area contributed by atoms with Crippen LogP contribution in [-0.4, -0.2) is 11.1 Å². The van der Waals surface area contributed by atoms with E-state index in [2.05, 4.69) is 58.8 Å². The van der Waals surface area contributed by atoms with Crippen molar-refractivity contribution in [2.75, 3.05) is 0 Å². The third-order valence-electron chi connectivity index (χ3n) is 0.875. The second-order valence-electron chi connectivity index (χ2n) is 4.88. The van der Waals surface area contributed by atoms with Crippen LogP contribution in [0.2, 0.25) is 0 Å². The molecule has 2 heteroatoms. The molecule has 0 amide bonds. The van der Waals surface area contributed by atoms with E-state index in [4.69, 9.17) is 0 Å². The van der Waals surface area contributed by atoms with Gasteiger partial charge >= 0.3 is 0 Å². The van der Waals surface area contributed by atoms with Gasteiger partial charge in [0.25, 0.3) is 0 Å². The van der Waals surface area contributed by atoms with Crippen LogP contribution in [0.15, 0.2) is 0 Å². The lowest BCUT2D eigenvalue weighted by Crippen LogP contribution is -2.44. The van der Waals surface area contributed by atoms with Crippen molar-refractivity contribution in [1.29, 1.82) is 0 Å². The first kappa shape index (κ1) is 10.9. The maximum Gasteiger partial charge on any atom is 0.141 e. The topological polar surface area (TPSA) is 24.1 Å². The van der Waals surface area contributed by atoms with E-state index in [0.29, 0.717) is 0 Å². The quantitative estimate of drug-likeness (QED) is 0.595. The minimum atomic E-state index is 0.0955. The summed E-state index contributed by atoms with van der Waals surface area (Å²) in [6.07, 6.45) is 0. The van der Waals surface area contributed by atoms with Gasteiger partial charge < -0.3 is 0 Å². The summed E-state index contributed by atoms with van der Waals surface area (Å²) in [6, 6.07) is 0. The molecule has 0 rings (SSSR count). The van der Waals surface area contributed by atoms with E-state index in [1.807, 2.05) is 0 Å². The molecule has 0 spiro atoms. The van der Waals surface area contributed by atoms with Crippen LogP contribution in [0.3, 0.4) is 0 Å². The molecule has 11 heavy (non-hydrogen) atoms. The van der Waals surface area contributed by atoms with E-state index >= 15 is 0 Å². The van der Waals surface area contributed by atoms with Crippen molar-refractivity contribution in [2.24, 2.45) is 0 Å². The van der Waals surface area contributed by atoms with E-state index in [-0.39, 0.29) is 11.1 Å². The molecule has 0 heterocycles. The Bertz CT molecular complexity index is 91.7. The Morgan fingerprint density at radius 2 is 1.00 bits per heavy atom. The average Bonchev–Trinajstić information content (AvgIpc) is 1.55. The van der Waals surface area contributed by atoms with Gasteiger partial charge in [0.1, 0.15) is 6.67 Å². The van der Waals surface area contributed by atoms with Crippen molar-refractivity contribution in [3.63, 3.8) is 0 Å². The Hall–Kier alpha value is -0.0800. The Balaban J connectivity index is 3.44. The number of rotatable bonds is 2. The third kappa shape index (κ3) is 9.92. The second-order valence-corrected chi connectivity index (χ2v) is 4.88. The van der Waals surface area contributed by atoms with E-state index < -0.39 is 0 Å². The van der Waals surface area contributed by atoms with Gasteiger partial charge in [-0.15, -0.1) is 0 Å². The molecule has 0 aromatic heterocycles. The number of hydrogen-bond donors (Lipinski definition) is 2. The Morgan fingerprint density at radius 3 is 1.18 bits per heavy atom. The molecule has 0 aromatic rings. The molecule has 0 fully saturated rings. The predicted octanol–water partition coefficient (Wildman–Crippen LogP) is 1.76. The Labute approximate surface area is 70.8 Å². The van der Waals surface area contributed by atoms with Crippen LogP contribution in [-0.2, 0) is 0 Å². The molecule has 0 aliphatic carbocycles. The van der Waals surface area contributed by atoms with Crippen LogP contribution >= 0.6 is 0 Å². The van der Waals surface area contributed by atoms with E-state index in [1.54, 1.807) is 0 Å². The molecular weight excluding hydrogens is 136 g/mol. The minimum absolute atomic E-state index is 0.0955. The summed E-state index contributed by atoms with van der Waals surface area (Å²) in [5.41, 5.74) is 0.191. The summed E-state index contributed by atoms with van der Waals surface area (Å²) >= 11 is 0. The van der Waals surface area contributed by atoms with Crippen molar-refractivity contribution in [3.8, 4) is 0 Å². The van der Waals surface area contributed by atoms with Crippen LogP contribution in [0, 0.1) is 6.67 Å². The molecule has 2 N–H and O–H groups in total. The van der Waals surface area contributed by atoms with E-state index in [1.165, 1.54) is 0 Å². The minimum Gasteiger partial charge on any atom is -0.289 e. The highest BCUT2D eigenvalue weighted by molar-refractivity contribution is 4.80. The SMILES string of the molecule is CC(C)(C)N[C]NC(C)(C)C. The van der Waals surface area contributed by atoms with Gasteiger partial charge in [0, 0.05) is 11.1 Å². The monoisotopic (exact) mass is 156 g/mol. The maximum absolute atomic E-state index is 3.12. The maximum atomic E-state index is 3.12. The number of hydrogen-bond acceptors (Lipinski definition) is 2. The van der Waals surface area contributed by atoms with E-state index in [0.717, 1.165) is 0 Å². The summed E-state index contributed by atoms with van der Waals surface area (Å²) in [7, 11) is 0. The molecule has 0 unspecified atom stereocenters. The average molecular weight is 156 g/mol. The lowest BCUT2D eigenvalue weighted by atomic mass is 10.1. The smallest absolute Gasteiger partial charge is 0.141 e. The lowest BCUT2D eigenvalue weighted by molar-refractivity contribution is 0.391. The van der Waals surface area contributed by atoms with Crippen LogP contribution in [0.25, 0.3) is 0 Å². The summed E-state index contributed by atoms with van der Waals surface area (Å²) in [4.78, 5) is 0. The summed E-state index contributed by atoms with van der Waals surface area (Å²) in [6.45, 7) is 15.6. The van der Waals surface area contributed by atoms with Gasteiger partial charge in [0.2, 0.25) is 0 Å². The zero-order chi connectivity index (χ0) is 9.12. The van der Waals surface area contributed by atoms with Crippen molar-refractivity contribution in [3.05, 3.63) is 6.67 Å². The molecule has 0 bridgehead atoms. The van der Waals surface area contributed by atoms with Crippen molar-refractivity contribution in [1.82, 2.24) is 10.6 Å². The molecule has 2 radical (unpaired) electrons. The molecule has 0 atom stereocenters. The van der Waals surface area contributed by atoms with E-state index in [9.17, 15) is 0 Å². The van der Waals surface area contributed by atoms with Crippen LogP contribution in [0.1, 0.15) is 41.5 Å². The first-order chi connectivity index (χ1) is 4.71. The van der Waals surface area contributed by atoms with Gasteiger partial charge in [-0.1, -0.05) is 0 Å². The van der Waals surface area contributed by atoms with Gasteiger partial charge in [-0.3, -0.25) is 10.6 Å². The summed E-state index contributed by atoms with van der Waals surface area (Å²) < 4.78 is 0. The fourth-order valence-electron chi connectivity index (χ4n) is 0.406. The zero-order valence-corrected chi connectivity index (χ0v) is 8.50. The second kappa shape index (κ2) is 3.55. The fraction of sp³-hybridized carbons (Fsp3) is 0.889. The van der Waals surface area contributed by atoms with Gasteiger partial charge in [-0.2, -0.15) is 0 Å². The molecule has 0 aliphatic rings. The number of nitrogens with one attached hydrogen (secondary N) is 2. The lowest BCUT2D eigenvalue weighted by Gasteiger charge is -2.24. The van der Waals surface area contributed by atoms with Crippen molar-refractivity contribution >= 4 is 0 Å². The highest BCUT2D eigenvalue weighted by atomic mass is 15.1. The molecule has 0 saturated heterocycles. The first-order valence-corrected chi connectivity index (χ1v) is 4.00. The summed E-state index contributed by atoms with van der Waals surface area (Å²) in [5, 5.41) is 6.23. The van der Waals surface area contributed by atoms with Gasteiger partial charge in [-0.25, -0.2) is 0 Å². The van der Waals surface area contributed by atoms with Gasteiger partial charge in [-0.05, 0) is 41.5 Å². The predicted molar refractivity (Wildman–Crippen MR) is 49.0 cm³/mol. The molecule has 0 saturated carbocycles. The van der Waals surface area contributed by atoms with Crippen molar-refractivity contribution < 1.29 is 0 Å². The van der Waals surface area contributed by atoms with Crippen LogP contribution < -0.4 is 10.6 Å².